The fraction of sp³-hybridized carbons (Fsp3) is 0. The molecule has 7 heteroatoms. The molecule has 13 heavy (non-hydrogen) atoms. The monoisotopic (exact) mass is 321 g/mol. The summed E-state index contributed by atoms with van der Waals surface area (Å²) in [5, 5.41) is -0.239. The Labute approximate surface area is 103 Å². The summed E-state index contributed by atoms with van der Waals surface area (Å²) in [6, 6.07) is 0. The van der Waals surface area contributed by atoms with Crippen LogP contribution in [0.3, 0.4) is 0 Å². The molecular weight excluding hydrogens is 324 g/mol. The van der Waals surface area contributed by atoms with Gasteiger partial charge in [-0.3, -0.25) is 4.79 Å². The van der Waals surface area contributed by atoms with Gasteiger partial charge in [0.2, 0.25) is 5.78 Å². The van der Waals surface area contributed by atoms with Crippen LogP contribution in [0.1, 0.15) is 0 Å². The Morgan fingerprint density at radius 3 is 1.85 bits per heavy atom. The molecule has 2 nitrogen and oxygen atoms in total. The minimum atomic E-state index is -0.557. The van der Waals surface area contributed by atoms with Gasteiger partial charge >= 0.3 is 0 Å². The maximum Gasteiger partial charge on any atom is 0.226 e. The Kier molecular flexibility index (Phi) is 3.83. The van der Waals surface area contributed by atoms with Crippen LogP contribution in [-0.4, -0.2) is 11.5 Å². The third-order valence-corrected chi connectivity index (χ3v) is 3.41. The number of nitrogens with zero attached hydrogens (tertiary/aromatic N) is 1. The lowest BCUT2D eigenvalue weighted by molar-refractivity contribution is -0.109. The van der Waals surface area contributed by atoms with E-state index in [1.807, 2.05) is 0 Å². The number of Topliss-reactive ketones (excluding diaryl/α,β-unsaturated/α-hetero) is 1. The molecule has 0 amide bonds. The van der Waals surface area contributed by atoms with E-state index in [0.29, 0.717) is 0 Å². The molecule has 0 aliphatic heterocycles. The Bertz CT molecular complexity index is 367. The number of carbonyl (C=O) groups excluding carboxylic acids is 1. The summed E-state index contributed by atoms with van der Waals surface area (Å²) in [6.45, 7) is 0. The summed E-state index contributed by atoms with van der Waals surface area (Å²) in [4.78, 5) is 11.3. The highest BCUT2D eigenvalue weighted by Crippen LogP contribution is 2.35. The minimum Gasteiger partial charge on any atom is -0.286 e. The van der Waals surface area contributed by atoms with Crippen LogP contribution in [0.25, 0.3) is 0 Å². The zero-order valence-electron chi connectivity index (χ0n) is 5.75. The fourth-order valence-electron chi connectivity index (χ4n) is 0.675. The van der Waals surface area contributed by atoms with Crippen LogP contribution in [0.2, 0.25) is 0 Å². The molecule has 0 saturated heterocycles. The first-order valence-corrected chi connectivity index (χ1v) is 5.07. The SMILES string of the molecule is O=C1C(=NBr)C(Cl)=C(Cl)C(Cl)=C1Cl. The number of halogens is 5. The Balaban J connectivity index is 3.41. The van der Waals surface area contributed by atoms with Crippen molar-refractivity contribution < 1.29 is 4.79 Å². The molecule has 0 aromatic carbocycles. The van der Waals surface area contributed by atoms with Crippen LogP contribution in [0.5, 0.6) is 0 Å². The van der Waals surface area contributed by atoms with Gasteiger partial charge in [-0.2, -0.15) is 0 Å². The lowest BCUT2D eigenvalue weighted by Crippen LogP contribution is -2.19. The molecule has 0 heterocycles. The van der Waals surface area contributed by atoms with Gasteiger partial charge in [0.15, 0.2) is 0 Å². The van der Waals surface area contributed by atoms with Crippen LogP contribution in [0.15, 0.2) is 24.1 Å². The second-order valence-electron chi connectivity index (χ2n) is 2.02. The van der Waals surface area contributed by atoms with Crippen molar-refractivity contribution in [3.63, 3.8) is 0 Å². The van der Waals surface area contributed by atoms with E-state index in [0.717, 1.165) is 0 Å². The van der Waals surface area contributed by atoms with Crippen molar-refractivity contribution in [1.29, 1.82) is 0 Å². The molecule has 0 unspecified atom stereocenters. The molecule has 0 radical (unpaired) electrons. The zero-order chi connectivity index (χ0) is 10.2. The van der Waals surface area contributed by atoms with Crippen LogP contribution < -0.4 is 0 Å². The molecule has 0 bridgehead atoms. The van der Waals surface area contributed by atoms with Crippen molar-refractivity contribution in [3.05, 3.63) is 20.1 Å². The summed E-state index contributed by atoms with van der Waals surface area (Å²) in [6.07, 6.45) is 0. The zero-order valence-corrected chi connectivity index (χ0v) is 10.4. The summed E-state index contributed by atoms with van der Waals surface area (Å²) >= 11 is 25.3. The summed E-state index contributed by atoms with van der Waals surface area (Å²) in [5.41, 5.74) is -0.0546. The summed E-state index contributed by atoms with van der Waals surface area (Å²) in [7, 11) is 0. The van der Waals surface area contributed by atoms with Gasteiger partial charge in [0.1, 0.15) is 10.7 Å². The quantitative estimate of drug-likeness (QED) is 0.625. The van der Waals surface area contributed by atoms with Crippen LogP contribution in [0, 0.1) is 0 Å². The smallest absolute Gasteiger partial charge is 0.226 e. The van der Waals surface area contributed by atoms with Crippen molar-refractivity contribution >= 4 is 74.0 Å². The highest BCUT2D eigenvalue weighted by Gasteiger charge is 2.30. The van der Waals surface area contributed by atoms with E-state index in [2.05, 4.69) is 20.2 Å². The number of allylic oxidation sites excluding steroid dienone is 4. The number of carbonyl (C=O) groups is 1. The van der Waals surface area contributed by atoms with E-state index in [9.17, 15) is 4.79 Å². The van der Waals surface area contributed by atoms with Gasteiger partial charge in [0, 0.05) is 0 Å². The van der Waals surface area contributed by atoms with E-state index in [-0.39, 0.29) is 25.8 Å². The highest BCUT2D eigenvalue weighted by molar-refractivity contribution is 9.08. The first-order chi connectivity index (χ1) is 6.00. The van der Waals surface area contributed by atoms with Gasteiger partial charge in [-0.25, -0.2) is 4.02 Å². The first-order valence-electron chi connectivity index (χ1n) is 2.85. The second-order valence-corrected chi connectivity index (χ2v) is 3.88. The highest BCUT2D eigenvalue weighted by atomic mass is 79.9. The van der Waals surface area contributed by atoms with Crippen LogP contribution in [0.4, 0.5) is 0 Å². The average Bonchev–Trinajstić information content (AvgIpc) is 2.13. The maximum absolute atomic E-state index is 11.3. The first kappa shape index (κ1) is 11.5. The van der Waals surface area contributed by atoms with Gasteiger partial charge in [0.05, 0.1) is 31.2 Å². The molecule has 0 fully saturated rings. The normalized spacial score (nSPS) is 21.9. The summed E-state index contributed by atoms with van der Waals surface area (Å²) in [5.74, 6) is -0.557. The molecule has 0 aromatic rings. The number of ketones is 1. The van der Waals surface area contributed by atoms with Gasteiger partial charge in [-0.05, 0) is 0 Å². The van der Waals surface area contributed by atoms with E-state index in [1.54, 1.807) is 0 Å². The molecule has 0 saturated carbocycles. The van der Waals surface area contributed by atoms with Crippen LogP contribution in [-0.2, 0) is 4.79 Å². The van der Waals surface area contributed by atoms with E-state index < -0.39 is 5.78 Å². The van der Waals surface area contributed by atoms with Crippen molar-refractivity contribution in [2.45, 2.75) is 0 Å². The van der Waals surface area contributed by atoms with Crippen LogP contribution >= 0.6 is 62.6 Å². The van der Waals surface area contributed by atoms with E-state index >= 15 is 0 Å². The molecule has 1 rings (SSSR count). The van der Waals surface area contributed by atoms with E-state index in [1.165, 1.54) is 0 Å². The van der Waals surface area contributed by atoms with Crippen molar-refractivity contribution in [2.24, 2.45) is 4.02 Å². The minimum absolute atomic E-state index is 0.0158. The van der Waals surface area contributed by atoms with Crippen molar-refractivity contribution in [3.8, 4) is 0 Å². The van der Waals surface area contributed by atoms with Gasteiger partial charge < -0.3 is 0 Å². The molecule has 70 valence electrons. The predicted octanol–water partition coefficient (Wildman–Crippen LogP) is 3.70. The van der Waals surface area contributed by atoms with Crippen molar-refractivity contribution in [2.75, 3.05) is 0 Å². The third-order valence-electron chi connectivity index (χ3n) is 1.28. The van der Waals surface area contributed by atoms with Gasteiger partial charge in [-0.1, -0.05) is 46.4 Å². The van der Waals surface area contributed by atoms with E-state index in [4.69, 9.17) is 46.4 Å². The molecule has 0 atom stereocenters. The lowest BCUT2D eigenvalue weighted by Gasteiger charge is -2.11. The molecule has 0 aromatic heterocycles. The topological polar surface area (TPSA) is 29.4 Å². The van der Waals surface area contributed by atoms with Gasteiger partial charge in [-0.15, -0.1) is 0 Å². The molecule has 1 aliphatic rings. The fourth-order valence-corrected chi connectivity index (χ4v) is 1.98. The van der Waals surface area contributed by atoms with Gasteiger partial charge in [0.25, 0.3) is 0 Å². The lowest BCUT2D eigenvalue weighted by atomic mass is 10.1. The molecule has 0 spiro atoms. The summed E-state index contributed by atoms with van der Waals surface area (Å²) < 4.78 is 3.47. The average molecular weight is 324 g/mol. The third kappa shape index (κ3) is 1.95. The molecular formula is C6BrCl4NO. The number of hydrogen-bond acceptors (Lipinski definition) is 2. The number of hydrogen-bond donors (Lipinski definition) is 0. The Morgan fingerprint density at radius 2 is 1.38 bits per heavy atom. The van der Waals surface area contributed by atoms with Crippen molar-refractivity contribution in [1.82, 2.24) is 0 Å². The Hall–Kier alpha value is 0.460. The largest absolute Gasteiger partial charge is 0.286 e. The second kappa shape index (κ2) is 4.32. The number of rotatable bonds is 0. The predicted molar refractivity (Wildman–Crippen MR) is 58.8 cm³/mol. The molecule has 1 aliphatic carbocycles. The maximum atomic E-state index is 11.3. The standard InChI is InChI=1S/C6BrCl4NO/c7-12-5-3(10)1(8)2(9)4(11)6(5)13. The molecule has 0 N–H and O–H groups in total. The Morgan fingerprint density at radius 1 is 0.923 bits per heavy atom.